The van der Waals surface area contributed by atoms with E-state index < -0.39 is 11.7 Å². The third-order valence-corrected chi connectivity index (χ3v) is 3.43. The molecule has 0 fully saturated rings. The molecule has 0 spiro atoms. The summed E-state index contributed by atoms with van der Waals surface area (Å²) in [5.74, 6) is -1.04. The van der Waals surface area contributed by atoms with E-state index in [2.05, 4.69) is 26.6 Å². The summed E-state index contributed by atoms with van der Waals surface area (Å²) in [6.45, 7) is 1.36. The highest BCUT2D eigenvalue weighted by atomic mass is 79.9. The number of carbonyl (C=O) groups excluding carboxylic acids is 2. The van der Waals surface area contributed by atoms with Gasteiger partial charge in [-0.15, -0.1) is 0 Å². The van der Waals surface area contributed by atoms with Gasteiger partial charge in [0.1, 0.15) is 11.6 Å². The Kier molecular flexibility index (Phi) is 5.33. The van der Waals surface area contributed by atoms with Gasteiger partial charge in [-0.25, -0.2) is 4.39 Å². The number of methoxy groups -OCH3 is 1. The number of hydrogen-bond donors (Lipinski definition) is 2. The van der Waals surface area contributed by atoms with E-state index in [9.17, 15) is 14.0 Å². The second-order valence-electron chi connectivity index (χ2n) is 4.67. The maximum Gasteiger partial charge on any atom is 0.258 e. The Morgan fingerprint density at radius 3 is 2.52 bits per heavy atom. The minimum absolute atomic E-state index is 0.0868. The summed E-state index contributed by atoms with van der Waals surface area (Å²) >= 11 is 3.20. The molecule has 23 heavy (non-hydrogen) atoms. The van der Waals surface area contributed by atoms with E-state index >= 15 is 0 Å². The summed E-state index contributed by atoms with van der Waals surface area (Å²) in [7, 11) is 1.47. The number of anilines is 2. The van der Waals surface area contributed by atoms with Crippen LogP contribution in [0, 0.1) is 5.82 Å². The van der Waals surface area contributed by atoms with Gasteiger partial charge in [0.25, 0.3) is 5.91 Å². The fourth-order valence-electron chi connectivity index (χ4n) is 1.94. The van der Waals surface area contributed by atoms with Gasteiger partial charge < -0.3 is 15.4 Å². The molecule has 7 heteroatoms. The molecule has 0 aliphatic rings. The highest BCUT2D eigenvalue weighted by Gasteiger charge is 2.14. The molecule has 0 saturated heterocycles. The quantitative estimate of drug-likeness (QED) is 0.847. The van der Waals surface area contributed by atoms with Crippen molar-refractivity contribution in [2.24, 2.45) is 0 Å². The van der Waals surface area contributed by atoms with Crippen LogP contribution in [-0.4, -0.2) is 18.9 Å². The second kappa shape index (κ2) is 7.23. The zero-order valence-electron chi connectivity index (χ0n) is 12.4. The van der Waals surface area contributed by atoms with Crippen molar-refractivity contribution in [2.45, 2.75) is 6.92 Å². The molecular weight excluding hydrogens is 367 g/mol. The minimum atomic E-state index is -0.624. The van der Waals surface area contributed by atoms with Crippen molar-refractivity contribution in [1.82, 2.24) is 0 Å². The van der Waals surface area contributed by atoms with Crippen molar-refractivity contribution < 1.29 is 18.7 Å². The zero-order valence-corrected chi connectivity index (χ0v) is 14.0. The van der Waals surface area contributed by atoms with Gasteiger partial charge in [-0.3, -0.25) is 9.59 Å². The van der Waals surface area contributed by atoms with Gasteiger partial charge >= 0.3 is 0 Å². The maximum absolute atomic E-state index is 13.7. The number of halogens is 2. The predicted octanol–water partition coefficient (Wildman–Crippen LogP) is 3.81. The van der Waals surface area contributed by atoms with Crippen molar-refractivity contribution in [3.63, 3.8) is 0 Å². The Labute approximate surface area is 141 Å². The average Bonchev–Trinajstić information content (AvgIpc) is 2.49. The molecule has 0 aliphatic heterocycles. The van der Waals surface area contributed by atoms with Crippen LogP contribution in [0.3, 0.4) is 0 Å². The summed E-state index contributed by atoms with van der Waals surface area (Å²) < 4.78 is 19.5. The van der Waals surface area contributed by atoms with Gasteiger partial charge in [0.05, 0.1) is 18.4 Å². The molecule has 2 amide bonds. The van der Waals surface area contributed by atoms with Gasteiger partial charge in [-0.2, -0.15) is 0 Å². The Morgan fingerprint density at radius 2 is 1.87 bits per heavy atom. The number of benzene rings is 2. The summed E-state index contributed by atoms with van der Waals surface area (Å²) in [6, 6.07) is 8.83. The van der Waals surface area contributed by atoms with E-state index in [4.69, 9.17) is 4.74 Å². The molecule has 120 valence electrons. The van der Waals surface area contributed by atoms with E-state index in [1.165, 1.54) is 38.3 Å². The summed E-state index contributed by atoms with van der Waals surface area (Å²) in [6.07, 6.45) is 0. The Balaban J connectivity index is 2.27. The maximum atomic E-state index is 13.7. The van der Waals surface area contributed by atoms with Crippen molar-refractivity contribution in [1.29, 1.82) is 0 Å². The third-order valence-electron chi connectivity index (χ3n) is 2.94. The van der Waals surface area contributed by atoms with Gasteiger partial charge in [0, 0.05) is 17.1 Å². The second-order valence-corrected chi connectivity index (χ2v) is 5.59. The highest BCUT2D eigenvalue weighted by molar-refractivity contribution is 9.10. The predicted molar refractivity (Wildman–Crippen MR) is 89.4 cm³/mol. The largest absolute Gasteiger partial charge is 0.495 e. The van der Waals surface area contributed by atoms with Crippen LogP contribution in [0.4, 0.5) is 15.8 Å². The monoisotopic (exact) mass is 380 g/mol. The first-order valence-corrected chi connectivity index (χ1v) is 7.42. The van der Waals surface area contributed by atoms with E-state index in [1.54, 1.807) is 12.1 Å². The molecule has 2 aromatic carbocycles. The average molecular weight is 381 g/mol. The molecular formula is C16H14BrFN2O3. The Hall–Kier alpha value is -2.41. The van der Waals surface area contributed by atoms with Gasteiger partial charge in [-0.1, -0.05) is 15.9 Å². The summed E-state index contributed by atoms with van der Waals surface area (Å²) in [4.78, 5) is 23.4. The highest BCUT2D eigenvalue weighted by Crippen LogP contribution is 2.28. The molecule has 0 aliphatic carbocycles. The third kappa shape index (κ3) is 4.29. The van der Waals surface area contributed by atoms with E-state index in [0.717, 1.165) is 0 Å². The van der Waals surface area contributed by atoms with Crippen molar-refractivity contribution in [2.75, 3.05) is 17.7 Å². The first-order chi connectivity index (χ1) is 10.9. The molecule has 5 nitrogen and oxygen atoms in total. The molecule has 0 saturated carbocycles. The molecule has 2 aromatic rings. The van der Waals surface area contributed by atoms with Crippen LogP contribution < -0.4 is 15.4 Å². The zero-order chi connectivity index (χ0) is 17.0. The summed E-state index contributed by atoms with van der Waals surface area (Å²) in [5, 5.41) is 5.19. The van der Waals surface area contributed by atoms with E-state index in [1.807, 2.05) is 0 Å². The first-order valence-electron chi connectivity index (χ1n) is 6.62. The van der Waals surface area contributed by atoms with Crippen molar-refractivity contribution in [3.05, 3.63) is 52.3 Å². The van der Waals surface area contributed by atoms with Crippen LogP contribution in [0.15, 0.2) is 40.9 Å². The smallest absolute Gasteiger partial charge is 0.258 e. The lowest BCUT2D eigenvalue weighted by Gasteiger charge is -2.12. The van der Waals surface area contributed by atoms with E-state index in [-0.39, 0.29) is 11.5 Å². The Bertz CT molecular complexity index is 765. The van der Waals surface area contributed by atoms with Crippen LogP contribution in [0.2, 0.25) is 0 Å². The number of rotatable bonds is 4. The van der Waals surface area contributed by atoms with Crippen LogP contribution in [-0.2, 0) is 4.79 Å². The van der Waals surface area contributed by atoms with Crippen LogP contribution in [0.25, 0.3) is 0 Å². The molecule has 0 unspecified atom stereocenters. The topological polar surface area (TPSA) is 67.4 Å². The van der Waals surface area contributed by atoms with Crippen LogP contribution in [0.5, 0.6) is 5.75 Å². The lowest BCUT2D eigenvalue weighted by molar-refractivity contribution is -0.114. The molecule has 0 atom stereocenters. The SMILES string of the molecule is COc1ccc(NC(=O)c2cc(Br)ccc2F)cc1NC(C)=O. The van der Waals surface area contributed by atoms with Gasteiger partial charge in [-0.05, 0) is 36.4 Å². The summed E-state index contributed by atoms with van der Waals surface area (Å²) in [5.41, 5.74) is 0.725. The van der Waals surface area contributed by atoms with Gasteiger partial charge in [0.15, 0.2) is 0 Å². The number of nitrogens with one attached hydrogen (secondary N) is 2. The van der Waals surface area contributed by atoms with Crippen molar-refractivity contribution in [3.8, 4) is 5.75 Å². The standard InChI is InChI=1S/C16H14BrFN2O3/c1-9(21)19-14-8-11(4-6-15(14)23-2)20-16(22)12-7-10(17)3-5-13(12)18/h3-8H,1-2H3,(H,19,21)(H,20,22). The minimum Gasteiger partial charge on any atom is -0.495 e. The number of ether oxygens (including phenoxy) is 1. The van der Waals surface area contributed by atoms with Crippen molar-refractivity contribution >= 4 is 39.1 Å². The number of amides is 2. The number of hydrogen-bond acceptors (Lipinski definition) is 3. The van der Waals surface area contributed by atoms with Crippen LogP contribution in [0.1, 0.15) is 17.3 Å². The lowest BCUT2D eigenvalue weighted by atomic mass is 10.2. The fourth-order valence-corrected chi connectivity index (χ4v) is 2.30. The van der Waals surface area contributed by atoms with E-state index in [0.29, 0.717) is 21.6 Å². The first kappa shape index (κ1) is 17.0. The fraction of sp³-hybridized carbons (Fsp3) is 0.125. The van der Waals surface area contributed by atoms with Crippen LogP contribution >= 0.6 is 15.9 Å². The number of carbonyl (C=O) groups is 2. The molecule has 2 N–H and O–H groups in total. The molecule has 0 bridgehead atoms. The lowest BCUT2D eigenvalue weighted by Crippen LogP contribution is -2.14. The Morgan fingerprint density at radius 1 is 1.13 bits per heavy atom. The molecule has 0 aromatic heterocycles. The van der Waals surface area contributed by atoms with Gasteiger partial charge in [0.2, 0.25) is 5.91 Å². The molecule has 2 rings (SSSR count). The molecule has 0 heterocycles. The molecule has 0 radical (unpaired) electrons. The normalized spacial score (nSPS) is 10.1.